The third-order valence-corrected chi connectivity index (χ3v) is 4.41. The molecule has 0 unspecified atom stereocenters. The van der Waals surface area contributed by atoms with Crippen molar-refractivity contribution >= 4 is 23.3 Å². The third kappa shape index (κ3) is 3.69. The summed E-state index contributed by atoms with van der Waals surface area (Å²) in [6.07, 6.45) is 3.58. The Morgan fingerprint density at radius 2 is 1.78 bits per heavy atom. The van der Waals surface area contributed by atoms with Crippen molar-refractivity contribution in [2.45, 2.75) is 12.8 Å². The highest BCUT2D eigenvalue weighted by Crippen LogP contribution is 2.24. The van der Waals surface area contributed by atoms with Gasteiger partial charge in [-0.25, -0.2) is 4.79 Å². The number of hydrogen-bond donors (Lipinski definition) is 3. The van der Waals surface area contributed by atoms with Gasteiger partial charge in [0.2, 0.25) is 0 Å². The van der Waals surface area contributed by atoms with Crippen molar-refractivity contribution in [3.8, 4) is 11.5 Å². The molecule has 2 aromatic heterocycles. The molecule has 0 spiro atoms. The fourth-order valence-corrected chi connectivity index (χ4v) is 3.00. The number of furan rings is 1. The predicted molar refractivity (Wildman–Crippen MR) is 101 cm³/mol. The number of para-hydroxylation sites is 2. The van der Waals surface area contributed by atoms with Gasteiger partial charge in [-0.3, -0.25) is 9.89 Å². The molecule has 1 saturated heterocycles. The summed E-state index contributed by atoms with van der Waals surface area (Å²) in [7, 11) is 0. The van der Waals surface area contributed by atoms with Crippen LogP contribution in [-0.2, 0) is 0 Å². The normalized spacial score (nSPS) is 13.6. The summed E-state index contributed by atoms with van der Waals surface area (Å²) in [5.41, 5.74) is 1.89. The first-order chi connectivity index (χ1) is 13.2. The molecule has 1 aromatic carbocycles. The highest BCUT2D eigenvalue weighted by atomic mass is 16.3. The first kappa shape index (κ1) is 16.9. The molecule has 4 rings (SSSR count). The monoisotopic (exact) mass is 365 g/mol. The second-order valence-electron chi connectivity index (χ2n) is 6.27. The zero-order valence-corrected chi connectivity index (χ0v) is 14.6. The quantitative estimate of drug-likeness (QED) is 0.658. The molecule has 0 bridgehead atoms. The largest absolute Gasteiger partial charge is 0.463 e. The molecular weight excluding hydrogens is 346 g/mol. The molecule has 27 heavy (non-hydrogen) atoms. The molecular formula is C19H19N5O3. The molecule has 3 amide bonds. The molecule has 8 heteroatoms. The van der Waals surface area contributed by atoms with E-state index in [4.69, 9.17) is 4.42 Å². The average Bonchev–Trinajstić information content (AvgIpc) is 3.43. The van der Waals surface area contributed by atoms with Gasteiger partial charge in [-0.15, -0.1) is 0 Å². The van der Waals surface area contributed by atoms with Crippen LogP contribution in [0.3, 0.4) is 0 Å². The van der Waals surface area contributed by atoms with Crippen molar-refractivity contribution in [3.63, 3.8) is 0 Å². The maximum absolute atomic E-state index is 12.5. The smallest absolute Gasteiger partial charge is 0.321 e. The maximum Gasteiger partial charge on any atom is 0.321 e. The number of aromatic nitrogens is 2. The Bertz CT molecular complexity index is 942. The lowest BCUT2D eigenvalue weighted by atomic mass is 10.2. The molecule has 0 radical (unpaired) electrons. The second-order valence-corrected chi connectivity index (χ2v) is 6.27. The van der Waals surface area contributed by atoms with Crippen molar-refractivity contribution in [1.82, 2.24) is 15.1 Å². The Hall–Kier alpha value is -3.55. The Kier molecular flexibility index (Phi) is 4.61. The van der Waals surface area contributed by atoms with Gasteiger partial charge in [0.15, 0.2) is 11.5 Å². The topological polar surface area (TPSA) is 103 Å². The molecule has 138 valence electrons. The molecule has 8 nitrogen and oxygen atoms in total. The van der Waals surface area contributed by atoms with E-state index in [0.717, 1.165) is 25.9 Å². The van der Waals surface area contributed by atoms with Gasteiger partial charge in [-0.2, -0.15) is 5.10 Å². The number of nitrogens with one attached hydrogen (secondary N) is 3. The molecule has 1 aliphatic heterocycles. The lowest BCUT2D eigenvalue weighted by Gasteiger charge is -2.18. The number of benzene rings is 1. The molecule has 0 saturated carbocycles. The minimum atomic E-state index is -0.382. The number of hydrogen-bond acceptors (Lipinski definition) is 4. The lowest BCUT2D eigenvalue weighted by molar-refractivity contribution is 0.102. The van der Waals surface area contributed by atoms with E-state index >= 15 is 0 Å². The van der Waals surface area contributed by atoms with Gasteiger partial charge in [0.25, 0.3) is 5.91 Å². The number of anilines is 2. The van der Waals surface area contributed by atoms with E-state index in [1.165, 1.54) is 0 Å². The van der Waals surface area contributed by atoms with Crippen LogP contribution in [0.25, 0.3) is 11.5 Å². The van der Waals surface area contributed by atoms with Crippen LogP contribution in [0, 0.1) is 0 Å². The minimum absolute atomic E-state index is 0.158. The van der Waals surface area contributed by atoms with Gasteiger partial charge in [0.1, 0.15) is 5.69 Å². The number of carbonyl (C=O) groups is 2. The average molecular weight is 365 g/mol. The Morgan fingerprint density at radius 1 is 1.04 bits per heavy atom. The summed E-state index contributed by atoms with van der Waals surface area (Å²) in [6.45, 7) is 1.51. The maximum atomic E-state index is 12.5. The van der Waals surface area contributed by atoms with Gasteiger partial charge < -0.3 is 20.0 Å². The Morgan fingerprint density at radius 3 is 2.48 bits per heavy atom. The van der Waals surface area contributed by atoms with Gasteiger partial charge >= 0.3 is 6.03 Å². The molecule has 1 aliphatic rings. The van der Waals surface area contributed by atoms with Crippen LogP contribution in [0.4, 0.5) is 16.2 Å². The van der Waals surface area contributed by atoms with E-state index in [-0.39, 0.29) is 17.6 Å². The first-order valence-corrected chi connectivity index (χ1v) is 8.76. The summed E-state index contributed by atoms with van der Waals surface area (Å²) in [5, 5.41) is 12.5. The number of H-pyrrole nitrogens is 1. The van der Waals surface area contributed by atoms with Crippen LogP contribution >= 0.6 is 0 Å². The molecule has 1 fully saturated rings. The summed E-state index contributed by atoms with van der Waals surface area (Å²) in [5.74, 6) is 0.215. The summed E-state index contributed by atoms with van der Waals surface area (Å²) >= 11 is 0. The van der Waals surface area contributed by atoms with Crippen molar-refractivity contribution in [3.05, 3.63) is 54.4 Å². The van der Waals surface area contributed by atoms with Crippen LogP contribution in [0.2, 0.25) is 0 Å². The van der Waals surface area contributed by atoms with E-state index in [2.05, 4.69) is 20.8 Å². The van der Waals surface area contributed by atoms with E-state index in [0.29, 0.717) is 22.8 Å². The second kappa shape index (κ2) is 7.36. The highest BCUT2D eigenvalue weighted by molar-refractivity contribution is 6.06. The molecule has 3 aromatic rings. The number of rotatable bonds is 4. The third-order valence-electron chi connectivity index (χ3n) is 4.41. The summed E-state index contributed by atoms with van der Waals surface area (Å²) in [4.78, 5) is 26.6. The predicted octanol–water partition coefficient (Wildman–Crippen LogP) is 3.55. The van der Waals surface area contributed by atoms with Crippen molar-refractivity contribution in [2.24, 2.45) is 0 Å². The van der Waals surface area contributed by atoms with Crippen LogP contribution in [0.5, 0.6) is 0 Å². The standard InChI is InChI=1S/C19H19N5O3/c25-18(16-12-15(22-23-16)17-8-5-11-27-17)20-13-6-1-2-7-14(13)21-19(26)24-9-3-4-10-24/h1-2,5-8,11-12H,3-4,9-10H2,(H,20,25)(H,21,26)(H,22,23). The summed E-state index contributed by atoms with van der Waals surface area (Å²) in [6, 6.07) is 12.1. The van der Waals surface area contributed by atoms with E-state index < -0.39 is 0 Å². The number of nitrogens with zero attached hydrogens (tertiary/aromatic N) is 2. The first-order valence-electron chi connectivity index (χ1n) is 8.76. The molecule has 0 aliphatic carbocycles. The minimum Gasteiger partial charge on any atom is -0.463 e. The van der Waals surface area contributed by atoms with Gasteiger partial charge in [-0.1, -0.05) is 12.1 Å². The van der Waals surface area contributed by atoms with E-state index in [9.17, 15) is 9.59 Å². The fraction of sp³-hybridized carbons (Fsp3) is 0.211. The van der Waals surface area contributed by atoms with Crippen molar-refractivity contribution < 1.29 is 14.0 Å². The number of carbonyl (C=O) groups excluding carboxylic acids is 2. The molecule has 3 N–H and O–H groups in total. The van der Waals surface area contributed by atoms with Gasteiger partial charge in [-0.05, 0) is 37.1 Å². The molecule has 3 heterocycles. The number of aromatic amines is 1. The van der Waals surface area contributed by atoms with E-state index in [1.807, 2.05) is 0 Å². The van der Waals surface area contributed by atoms with Crippen LogP contribution in [0.1, 0.15) is 23.3 Å². The molecule has 0 atom stereocenters. The Balaban J connectivity index is 1.47. The fourth-order valence-electron chi connectivity index (χ4n) is 3.00. The summed E-state index contributed by atoms with van der Waals surface area (Å²) < 4.78 is 5.29. The zero-order chi connectivity index (χ0) is 18.6. The number of amides is 3. The van der Waals surface area contributed by atoms with Crippen LogP contribution < -0.4 is 10.6 Å². The van der Waals surface area contributed by atoms with Crippen LogP contribution in [0.15, 0.2) is 53.1 Å². The van der Waals surface area contributed by atoms with Crippen molar-refractivity contribution in [2.75, 3.05) is 23.7 Å². The van der Waals surface area contributed by atoms with Gasteiger partial charge in [0, 0.05) is 19.2 Å². The lowest BCUT2D eigenvalue weighted by Crippen LogP contribution is -2.32. The van der Waals surface area contributed by atoms with Crippen LogP contribution in [-0.4, -0.2) is 40.1 Å². The van der Waals surface area contributed by atoms with Gasteiger partial charge in [0.05, 0.1) is 17.6 Å². The highest BCUT2D eigenvalue weighted by Gasteiger charge is 2.19. The SMILES string of the molecule is O=C(Nc1ccccc1NC(=O)N1CCCC1)c1cc(-c2ccco2)[nH]n1. The number of likely N-dealkylation sites (tertiary alicyclic amines) is 1. The number of urea groups is 1. The van der Waals surface area contributed by atoms with E-state index in [1.54, 1.807) is 53.6 Å². The zero-order valence-electron chi connectivity index (χ0n) is 14.6. The van der Waals surface area contributed by atoms with Crippen molar-refractivity contribution in [1.29, 1.82) is 0 Å². The Labute approximate surface area is 155 Å².